The van der Waals surface area contributed by atoms with Crippen molar-refractivity contribution in [3.8, 4) is 29.2 Å². The number of amides is 2. The highest BCUT2D eigenvalue weighted by atomic mass is 32.1. The van der Waals surface area contributed by atoms with Crippen molar-refractivity contribution in [1.29, 1.82) is 0 Å². The van der Waals surface area contributed by atoms with Crippen LogP contribution in [0.3, 0.4) is 0 Å². The molecular formula is C23H20N2O3S. The van der Waals surface area contributed by atoms with Gasteiger partial charge in [0.05, 0.1) is 11.1 Å². The number of ether oxygens (including phenoxy) is 1. The van der Waals surface area contributed by atoms with Gasteiger partial charge in [-0.05, 0) is 42.3 Å². The zero-order chi connectivity index (χ0) is 20.6. The Kier molecular flexibility index (Phi) is 6.67. The molecule has 0 radical (unpaired) electrons. The number of terminal acetylenes is 1. The van der Waals surface area contributed by atoms with Crippen LogP contribution in [0.15, 0.2) is 59.3 Å². The highest BCUT2D eigenvalue weighted by Crippen LogP contribution is 2.26. The fourth-order valence-electron chi connectivity index (χ4n) is 2.74. The van der Waals surface area contributed by atoms with E-state index >= 15 is 0 Å². The molecule has 1 heterocycles. The summed E-state index contributed by atoms with van der Waals surface area (Å²) in [5.41, 5.74) is 3.35. The van der Waals surface area contributed by atoms with E-state index in [1.165, 1.54) is 11.3 Å². The Bertz CT molecular complexity index is 1050. The lowest BCUT2D eigenvalue weighted by molar-refractivity contribution is 0.0943. The maximum absolute atomic E-state index is 12.6. The van der Waals surface area contributed by atoms with Gasteiger partial charge in [-0.15, -0.1) is 6.42 Å². The van der Waals surface area contributed by atoms with Crippen LogP contribution in [0.4, 0.5) is 5.69 Å². The highest BCUT2D eigenvalue weighted by Gasteiger charge is 2.18. The molecule has 5 nitrogen and oxygen atoms in total. The number of nitrogens with one attached hydrogen (secondary N) is 2. The van der Waals surface area contributed by atoms with Gasteiger partial charge in [-0.25, -0.2) is 0 Å². The van der Waals surface area contributed by atoms with Crippen LogP contribution in [0.5, 0.6) is 5.75 Å². The molecule has 1 aromatic heterocycles. The second-order valence-corrected chi connectivity index (χ2v) is 6.85. The lowest BCUT2D eigenvalue weighted by Gasteiger charge is -2.09. The molecular weight excluding hydrogens is 384 g/mol. The molecule has 6 heteroatoms. The minimum Gasteiger partial charge on any atom is -0.481 e. The molecule has 0 saturated heterocycles. The summed E-state index contributed by atoms with van der Waals surface area (Å²) >= 11 is 1.32. The van der Waals surface area contributed by atoms with Crippen LogP contribution >= 0.6 is 11.3 Å². The number of hydrogen-bond acceptors (Lipinski definition) is 4. The van der Waals surface area contributed by atoms with E-state index in [0.717, 1.165) is 11.1 Å². The van der Waals surface area contributed by atoms with Gasteiger partial charge in [0.2, 0.25) is 0 Å². The van der Waals surface area contributed by atoms with Gasteiger partial charge in [0, 0.05) is 23.0 Å². The average molecular weight is 404 g/mol. The zero-order valence-electron chi connectivity index (χ0n) is 15.9. The van der Waals surface area contributed by atoms with Crippen LogP contribution < -0.4 is 15.4 Å². The molecule has 29 heavy (non-hydrogen) atoms. The molecule has 0 fully saturated rings. The molecule has 0 spiro atoms. The van der Waals surface area contributed by atoms with Crippen LogP contribution in [0.1, 0.15) is 27.6 Å². The first-order valence-corrected chi connectivity index (χ1v) is 9.99. The van der Waals surface area contributed by atoms with Gasteiger partial charge < -0.3 is 15.4 Å². The van der Waals surface area contributed by atoms with Crippen molar-refractivity contribution in [2.75, 3.05) is 18.5 Å². The van der Waals surface area contributed by atoms with Gasteiger partial charge in [-0.2, -0.15) is 11.3 Å². The van der Waals surface area contributed by atoms with Gasteiger partial charge in [0.25, 0.3) is 11.8 Å². The molecule has 0 unspecified atom stereocenters. The summed E-state index contributed by atoms with van der Waals surface area (Å²) in [5, 5.41) is 8.91. The molecule has 0 aliphatic rings. The quantitative estimate of drug-likeness (QED) is 0.573. The van der Waals surface area contributed by atoms with Gasteiger partial charge >= 0.3 is 0 Å². The van der Waals surface area contributed by atoms with Crippen LogP contribution in [-0.4, -0.2) is 25.0 Å². The number of benzene rings is 2. The highest BCUT2D eigenvalue weighted by molar-refractivity contribution is 7.08. The molecule has 3 aromatic rings. The van der Waals surface area contributed by atoms with Gasteiger partial charge in [-0.3, -0.25) is 9.59 Å². The lowest BCUT2D eigenvalue weighted by Crippen LogP contribution is -2.25. The maximum atomic E-state index is 12.6. The number of rotatable bonds is 7. The number of carbonyl (C=O) groups is 2. The molecule has 2 aromatic carbocycles. The summed E-state index contributed by atoms with van der Waals surface area (Å²) in [6.07, 6.45) is 5.23. The molecule has 2 N–H and O–H groups in total. The Morgan fingerprint density at radius 1 is 1.03 bits per heavy atom. The maximum Gasteiger partial charge on any atom is 0.257 e. The predicted molar refractivity (Wildman–Crippen MR) is 116 cm³/mol. The van der Waals surface area contributed by atoms with Crippen molar-refractivity contribution in [1.82, 2.24) is 5.32 Å². The van der Waals surface area contributed by atoms with Crippen LogP contribution in [0.2, 0.25) is 0 Å². The summed E-state index contributed by atoms with van der Waals surface area (Å²) in [5.74, 6) is 2.58. The number of thiophene rings is 1. The fourth-order valence-corrected chi connectivity index (χ4v) is 3.55. The third kappa shape index (κ3) is 5.03. The van der Waals surface area contributed by atoms with Crippen molar-refractivity contribution in [2.24, 2.45) is 0 Å². The van der Waals surface area contributed by atoms with Crippen LogP contribution in [0.25, 0.3) is 11.1 Å². The third-order valence-electron chi connectivity index (χ3n) is 4.12. The summed E-state index contributed by atoms with van der Waals surface area (Å²) in [4.78, 5) is 24.7. The third-order valence-corrected chi connectivity index (χ3v) is 4.86. The van der Waals surface area contributed by atoms with E-state index in [2.05, 4.69) is 16.6 Å². The Morgan fingerprint density at radius 3 is 2.45 bits per heavy atom. The van der Waals surface area contributed by atoms with Crippen LogP contribution in [-0.2, 0) is 0 Å². The molecule has 2 amide bonds. The molecule has 0 aliphatic carbocycles. The van der Waals surface area contributed by atoms with Crippen LogP contribution in [0, 0.1) is 12.3 Å². The van der Waals surface area contributed by atoms with E-state index in [1.54, 1.807) is 10.8 Å². The number of carbonyl (C=O) groups excluding carboxylic acids is 2. The molecule has 0 atom stereocenters. The minimum atomic E-state index is -0.315. The van der Waals surface area contributed by atoms with Gasteiger partial charge in [0.1, 0.15) is 12.4 Å². The second kappa shape index (κ2) is 9.58. The Balaban J connectivity index is 1.72. The largest absolute Gasteiger partial charge is 0.481 e. The summed E-state index contributed by atoms with van der Waals surface area (Å²) in [6.45, 7) is 2.56. The van der Waals surface area contributed by atoms with Crippen molar-refractivity contribution in [3.05, 3.63) is 70.4 Å². The van der Waals surface area contributed by atoms with E-state index in [4.69, 9.17) is 11.2 Å². The predicted octanol–water partition coefficient (Wildman–Crippen LogP) is 4.43. The van der Waals surface area contributed by atoms with Crippen molar-refractivity contribution in [3.63, 3.8) is 0 Å². The SMILES string of the molecule is C#CCOc1cccc(-c2ccc(NC(=O)c3cscc3C(=O)NCC)cc2)c1. The van der Waals surface area contributed by atoms with Crippen molar-refractivity contribution in [2.45, 2.75) is 6.92 Å². The van der Waals surface area contributed by atoms with E-state index < -0.39 is 0 Å². The number of hydrogen-bond donors (Lipinski definition) is 2. The first-order valence-electron chi connectivity index (χ1n) is 9.05. The van der Waals surface area contributed by atoms with E-state index in [9.17, 15) is 9.59 Å². The smallest absolute Gasteiger partial charge is 0.257 e. The van der Waals surface area contributed by atoms with E-state index in [0.29, 0.717) is 29.1 Å². The molecule has 0 bridgehead atoms. The average Bonchev–Trinajstić information content (AvgIpc) is 3.23. The molecule has 0 saturated carbocycles. The van der Waals surface area contributed by atoms with Crippen molar-refractivity contribution < 1.29 is 14.3 Å². The van der Waals surface area contributed by atoms with E-state index in [-0.39, 0.29) is 18.4 Å². The first kappa shape index (κ1) is 20.2. The Hall–Kier alpha value is -3.56. The summed E-state index contributed by atoms with van der Waals surface area (Å²) in [6, 6.07) is 15.1. The lowest BCUT2D eigenvalue weighted by atomic mass is 10.0. The Morgan fingerprint density at radius 2 is 1.76 bits per heavy atom. The first-order chi connectivity index (χ1) is 14.1. The topological polar surface area (TPSA) is 67.4 Å². The molecule has 0 aliphatic heterocycles. The van der Waals surface area contributed by atoms with Gasteiger partial charge in [-0.1, -0.05) is 30.2 Å². The minimum absolute atomic E-state index is 0.218. The summed E-state index contributed by atoms with van der Waals surface area (Å²) in [7, 11) is 0. The normalized spacial score (nSPS) is 10.1. The molecule has 146 valence electrons. The summed E-state index contributed by atoms with van der Waals surface area (Å²) < 4.78 is 5.46. The monoisotopic (exact) mass is 404 g/mol. The Labute approximate surface area is 173 Å². The van der Waals surface area contributed by atoms with Crippen molar-refractivity contribution >= 4 is 28.8 Å². The standard InChI is InChI=1S/C23H20N2O3S/c1-3-12-28-19-7-5-6-17(13-19)16-8-10-18(11-9-16)25-23(27)21-15-29-14-20(21)22(26)24-4-2/h1,5-11,13-15H,4,12H2,2H3,(H,24,26)(H,25,27). The fraction of sp³-hybridized carbons (Fsp3) is 0.130. The number of anilines is 1. The van der Waals surface area contributed by atoms with E-state index in [1.807, 2.05) is 55.5 Å². The van der Waals surface area contributed by atoms with Gasteiger partial charge in [0.15, 0.2) is 0 Å². The molecule has 3 rings (SSSR count). The second-order valence-electron chi connectivity index (χ2n) is 6.11. The zero-order valence-corrected chi connectivity index (χ0v) is 16.7.